The summed E-state index contributed by atoms with van der Waals surface area (Å²) in [4.78, 5) is 17.7. The van der Waals surface area contributed by atoms with Crippen LogP contribution < -0.4 is 25.1 Å². The van der Waals surface area contributed by atoms with Crippen LogP contribution in [0.4, 0.5) is 0 Å². The van der Waals surface area contributed by atoms with E-state index in [2.05, 4.69) is 22.4 Å². The summed E-state index contributed by atoms with van der Waals surface area (Å²) in [6.07, 6.45) is 2.54. The Hall–Kier alpha value is -3.56. The Morgan fingerprint density at radius 3 is 2.65 bits per heavy atom. The Balaban J connectivity index is 1.64. The van der Waals surface area contributed by atoms with Crippen molar-refractivity contribution < 1.29 is 28.8 Å². The fourth-order valence-corrected chi connectivity index (χ4v) is 3.43. The maximum absolute atomic E-state index is 13.1. The Bertz CT molecular complexity index is 1010. The molecule has 0 unspecified atom stereocenters. The van der Waals surface area contributed by atoms with E-state index >= 15 is 0 Å². The lowest BCUT2D eigenvalue weighted by Crippen LogP contribution is -2.51. The molecule has 3 rings (SSSR count). The normalized spacial score (nSPS) is 16.9. The van der Waals surface area contributed by atoms with E-state index < -0.39 is 5.54 Å². The number of methoxy groups -OCH3 is 2. The van der Waals surface area contributed by atoms with E-state index in [1.807, 2.05) is 24.3 Å². The number of carbonyl (C=O) groups is 1. The van der Waals surface area contributed by atoms with Crippen LogP contribution in [0.5, 0.6) is 17.2 Å². The maximum atomic E-state index is 13.1. The minimum Gasteiger partial charge on any atom is -0.494 e. The predicted octanol–water partition coefficient (Wildman–Crippen LogP) is 2.38. The first kappa shape index (κ1) is 25.1. The molecule has 2 aromatic rings. The number of rotatable bonds is 13. The van der Waals surface area contributed by atoms with Gasteiger partial charge in [-0.05, 0) is 42.0 Å². The quantitative estimate of drug-likeness (QED) is 0.235. The highest BCUT2D eigenvalue weighted by atomic mass is 16.5. The van der Waals surface area contributed by atoms with Gasteiger partial charge in [-0.2, -0.15) is 0 Å². The summed E-state index contributed by atoms with van der Waals surface area (Å²) in [7, 11) is 3.15. The largest absolute Gasteiger partial charge is 0.494 e. The van der Waals surface area contributed by atoms with Crippen LogP contribution in [0, 0.1) is 0 Å². The number of nitrogens with one attached hydrogen (secondary N) is 2. The maximum Gasteiger partial charge on any atom is 0.266 e. The molecule has 0 aliphatic carbocycles. The van der Waals surface area contributed by atoms with Crippen molar-refractivity contribution in [2.75, 3.05) is 34.0 Å². The van der Waals surface area contributed by atoms with Gasteiger partial charge in [0.15, 0.2) is 17.0 Å². The van der Waals surface area contributed by atoms with Crippen molar-refractivity contribution in [3.63, 3.8) is 0 Å². The molecule has 1 atom stereocenters. The molecule has 0 fully saturated rings. The van der Waals surface area contributed by atoms with Crippen molar-refractivity contribution in [3.8, 4) is 17.2 Å². The Labute approximate surface area is 199 Å². The minimum atomic E-state index is -1.11. The molecule has 0 saturated heterocycles. The molecule has 3 N–H and O–H groups in total. The van der Waals surface area contributed by atoms with E-state index in [0.717, 1.165) is 11.1 Å². The molecule has 0 bridgehead atoms. The van der Waals surface area contributed by atoms with E-state index in [4.69, 9.17) is 24.1 Å². The summed E-state index contributed by atoms with van der Waals surface area (Å²) in [6.45, 7) is 4.78. The van der Waals surface area contributed by atoms with Crippen molar-refractivity contribution in [3.05, 3.63) is 66.2 Å². The van der Waals surface area contributed by atoms with Crippen LogP contribution in [0.2, 0.25) is 0 Å². The van der Waals surface area contributed by atoms with E-state index in [0.29, 0.717) is 49.1 Å². The minimum absolute atomic E-state index is 0.0827. The lowest BCUT2D eigenvalue weighted by Gasteiger charge is -2.21. The van der Waals surface area contributed by atoms with Gasteiger partial charge >= 0.3 is 0 Å². The van der Waals surface area contributed by atoms with Gasteiger partial charge in [-0.3, -0.25) is 10.2 Å². The topological polar surface area (TPSA) is 111 Å². The number of hydrazine groups is 1. The van der Waals surface area contributed by atoms with Gasteiger partial charge in [0.05, 0.1) is 20.8 Å². The molecule has 182 valence electrons. The average molecular weight is 470 g/mol. The predicted molar refractivity (Wildman–Crippen MR) is 128 cm³/mol. The van der Waals surface area contributed by atoms with E-state index in [1.165, 1.54) is 0 Å². The van der Waals surface area contributed by atoms with E-state index in [1.54, 1.807) is 38.5 Å². The molecular formula is C25H31N3O6. The van der Waals surface area contributed by atoms with E-state index in [-0.39, 0.29) is 19.1 Å². The van der Waals surface area contributed by atoms with Gasteiger partial charge in [0, 0.05) is 31.6 Å². The van der Waals surface area contributed by atoms with Crippen LogP contribution >= 0.6 is 0 Å². The summed E-state index contributed by atoms with van der Waals surface area (Å²) >= 11 is 0. The average Bonchev–Trinajstić information content (AvgIpc) is 3.30. The molecule has 0 radical (unpaired) electrons. The molecular weight excluding hydrogens is 438 g/mol. The van der Waals surface area contributed by atoms with Gasteiger partial charge in [0.25, 0.3) is 5.91 Å². The third kappa shape index (κ3) is 6.06. The fraction of sp³-hybridized carbons (Fsp3) is 0.360. The number of aliphatic imine (C=N–C) groups is 1. The van der Waals surface area contributed by atoms with Crippen molar-refractivity contribution in [2.45, 2.75) is 24.9 Å². The van der Waals surface area contributed by atoms with Crippen molar-refractivity contribution in [1.29, 1.82) is 0 Å². The Morgan fingerprint density at radius 2 is 1.97 bits per heavy atom. The number of aliphatic hydroxyl groups is 1. The number of carbonyl (C=O) groups excluding carboxylic acids is 1. The summed E-state index contributed by atoms with van der Waals surface area (Å²) in [5.74, 6) is 2.00. The van der Waals surface area contributed by atoms with Crippen molar-refractivity contribution >= 4 is 11.8 Å². The summed E-state index contributed by atoms with van der Waals surface area (Å²) in [5.41, 5.74) is 6.22. The van der Waals surface area contributed by atoms with Crippen LogP contribution in [0.1, 0.15) is 24.0 Å². The molecule has 9 heteroatoms. The standard InChI is InChI=1S/C25H31N3O6/c1-4-12-25(24(30)28-26-16-18-6-11-21(31-2)22(15-18)32-3)17-34-23(27-25)19-7-9-20(10-8-19)33-14-5-13-29/h4,6-11,15,26,29H,1,5,12-14,16-17H2,2-3H3,(H,28,30)/t25-/m0/s1. The van der Waals surface area contributed by atoms with Crippen molar-refractivity contribution in [1.82, 2.24) is 10.9 Å². The highest BCUT2D eigenvalue weighted by Crippen LogP contribution is 2.28. The van der Waals surface area contributed by atoms with Gasteiger partial charge in [0.1, 0.15) is 12.4 Å². The second-order valence-corrected chi connectivity index (χ2v) is 7.68. The van der Waals surface area contributed by atoms with E-state index in [9.17, 15) is 4.79 Å². The molecule has 1 aliphatic rings. The number of benzene rings is 2. The zero-order valence-corrected chi connectivity index (χ0v) is 19.5. The molecule has 1 aliphatic heterocycles. The lowest BCUT2D eigenvalue weighted by molar-refractivity contribution is -0.127. The first-order chi connectivity index (χ1) is 16.5. The highest BCUT2D eigenvalue weighted by Gasteiger charge is 2.43. The Morgan fingerprint density at radius 1 is 1.21 bits per heavy atom. The summed E-state index contributed by atoms with van der Waals surface area (Å²) < 4.78 is 21.9. The third-order valence-electron chi connectivity index (χ3n) is 5.28. The van der Waals surface area contributed by atoms with Gasteiger partial charge in [-0.25, -0.2) is 10.4 Å². The lowest BCUT2D eigenvalue weighted by atomic mass is 9.97. The number of hydrogen-bond donors (Lipinski definition) is 3. The second-order valence-electron chi connectivity index (χ2n) is 7.68. The molecule has 0 saturated carbocycles. The smallest absolute Gasteiger partial charge is 0.266 e. The van der Waals surface area contributed by atoms with Gasteiger partial charge in [0.2, 0.25) is 5.90 Å². The number of aliphatic hydroxyl groups excluding tert-OH is 1. The van der Waals surface area contributed by atoms with Crippen LogP contribution in [-0.4, -0.2) is 56.5 Å². The molecule has 2 aromatic carbocycles. The SMILES string of the molecule is C=CC[C@@]1(C(=O)NNCc2ccc(OC)c(OC)c2)COC(c2ccc(OCCCO)cc2)=N1. The number of hydrogen-bond acceptors (Lipinski definition) is 8. The van der Waals surface area contributed by atoms with Gasteiger partial charge in [-0.15, -0.1) is 6.58 Å². The molecule has 1 amide bonds. The highest BCUT2D eigenvalue weighted by molar-refractivity contribution is 6.00. The van der Waals surface area contributed by atoms with Crippen LogP contribution in [-0.2, 0) is 16.1 Å². The van der Waals surface area contributed by atoms with Gasteiger partial charge in [-0.1, -0.05) is 12.1 Å². The van der Waals surface area contributed by atoms with Crippen LogP contribution in [0.25, 0.3) is 0 Å². The second kappa shape index (κ2) is 12.1. The Kier molecular flexibility index (Phi) is 8.89. The molecule has 9 nitrogen and oxygen atoms in total. The number of nitrogens with zero attached hydrogens (tertiary/aromatic N) is 1. The first-order valence-electron chi connectivity index (χ1n) is 11.0. The zero-order chi connectivity index (χ0) is 24.4. The zero-order valence-electron chi connectivity index (χ0n) is 19.5. The first-order valence-corrected chi connectivity index (χ1v) is 11.0. The molecule has 0 aromatic heterocycles. The third-order valence-corrected chi connectivity index (χ3v) is 5.28. The van der Waals surface area contributed by atoms with Crippen LogP contribution in [0.15, 0.2) is 60.1 Å². The fourth-order valence-electron chi connectivity index (χ4n) is 3.43. The van der Waals surface area contributed by atoms with Crippen molar-refractivity contribution in [2.24, 2.45) is 4.99 Å². The van der Waals surface area contributed by atoms with Crippen LogP contribution in [0.3, 0.4) is 0 Å². The number of ether oxygens (including phenoxy) is 4. The molecule has 0 spiro atoms. The number of amides is 1. The van der Waals surface area contributed by atoms with Gasteiger partial charge < -0.3 is 24.1 Å². The monoisotopic (exact) mass is 469 g/mol. The summed E-state index contributed by atoms with van der Waals surface area (Å²) in [6, 6.07) is 12.8. The molecule has 1 heterocycles. The molecule has 34 heavy (non-hydrogen) atoms. The summed E-state index contributed by atoms with van der Waals surface area (Å²) in [5, 5.41) is 8.86.